The van der Waals surface area contributed by atoms with Crippen LogP contribution in [0.25, 0.3) is 0 Å². The van der Waals surface area contributed by atoms with Crippen LogP contribution in [0.4, 0.5) is 5.13 Å². The number of methoxy groups -OCH3 is 1. The fourth-order valence-corrected chi connectivity index (χ4v) is 2.64. The minimum absolute atomic E-state index is 0.0583. The number of carbonyl (C=O) groups excluding carboxylic acids is 4. The van der Waals surface area contributed by atoms with Gasteiger partial charge in [-0.1, -0.05) is 11.3 Å². The molecule has 0 saturated carbocycles. The summed E-state index contributed by atoms with van der Waals surface area (Å²) in [5, 5.41) is 2.42. The van der Waals surface area contributed by atoms with E-state index in [4.69, 9.17) is 0 Å². The van der Waals surface area contributed by atoms with Crippen LogP contribution in [0.5, 0.6) is 0 Å². The predicted octanol–water partition coefficient (Wildman–Crippen LogP) is -0.405. The van der Waals surface area contributed by atoms with Crippen LogP contribution in [0.2, 0.25) is 0 Å². The van der Waals surface area contributed by atoms with E-state index in [0.29, 0.717) is 0 Å². The van der Waals surface area contributed by atoms with Gasteiger partial charge in [-0.3, -0.25) is 19.7 Å². The number of ketones is 1. The molecule has 0 atom stereocenters. The Morgan fingerprint density at radius 2 is 1.90 bits per heavy atom. The van der Waals surface area contributed by atoms with Gasteiger partial charge in [0.25, 0.3) is 0 Å². The number of hydrogen-bond acceptors (Lipinski definition) is 8. The van der Waals surface area contributed by atoms with Crippen molar-refractivity contribution in [3.8, 4) is 0 Å². The number of thiazole rings is 1. The molecule has 0 aliphatic carbocycles. The number of piperazine rings is 1. The van der Waals surface area contributed by atoms with Gasteiger partial charge in [-0.25, -0.2) is 9.78 Å². The fraction of sp³-hybridized carbons (Fsp3) is 0.364. The second-order valence-electron chi connectivity index (χ2n) is 4.05. The third-order valence-electron chi connectivity index (χ3n) is 2.53. The molecule has 0 bridgehead atoms. The summed E-state index contributed by atoms with van der Waals surface area (Å²) in [6.07, 6.45) is 0. The lowest BCUT2D eigenvalue weighted by Gasteiger charge is -2.24. The first-order valence-electron chi connectivity index (χ1n) is 5.60. The van der Waals surface area contributed by atoms with Gasteiger partial charge in [0, 0.05) is 6.92 Å². The summed E-state index contributed by atoms with van der Waals surface area (Å²) < 4.78 is 4.56. The smallest absolute Gasteiger partial charge is 0.358 e. The maximum atomic E-state index is 11.6. The molecule has 1 aliphatic heterocycles. The highest BCUT2D eigenvalue weighted by atomic mass is 32.1. The van der Waals surface area contributed by atoms with Gasteiger partial charge in [-0.15, -0.1) is 0 Å². The number of aromatic nitrogens is 1. The fourth-order valence-electron chi connectivity index (χ4n) is 1.69. The second kappa shape index (κ2) is 5.37. The summed E-state index contributed by atoms with van der Waals surface area (Å²) >= 11 is 0.954. The maximum absolute atomic E-state index is 11.6. The number of anilines is 1. The van der Waals surface area contributed by atoms with E-state index < -0.39 is 17.8 Å². The van der Waals surface area contributed by atoms with Crippen molar-refractivity contribution in [1.82, 2.24) is 10.3 Å². The Labute approximate surface area is 117 Å². The molecular weight excluding hydrogens is 286 g/mol. The molecular formula is C11H11N3O5S. The zero-order chi connectivity index (χ0) is 14.9. The van der Waals surface area contributed by atoms with E-state index in [9.17, 15) is 19.2 Å². The summed E-state index contributed by atoms with van der Waals surface area (Å²) in [4.78, 5) is 51.3. The number of imide groups is 1. The van der Waals surface area contributed by atoms with Crippen LogP contribution >= 0.6 is 11.3 Å². The predicted molar refractivity (Wildman–Crippen MR) is 68.8 cm³/mol. The molecule has 1 aliphatic rings. The molecule has 1 N–H and O–H groups in total. The molecule has 0 unspecified atom stereocenters. The Kier molecular flexibility index (Phi) is 3.79. The highest BCUT2D eigenvalue weighted by Crippen LogP contribution is 2.27. The molecule has 1 fully saturated rings. The van der Waals surface area contributed by atoms with Crippen LogP contribution in [0.1, 0.15) is 27.1 Å². The van der Waals surface area contributed by atoms with Gasteiger partial charge in [0.2, 0.25) is 11.8 Å². The number of nitrogens with zero attached hydrogens (tertiary/aromatic N) is 2. The van der Waals surface area contributed by atoms with Gasteiger partial charge in [0.15, 0.2) is 16.6 Å². The Hall–Kier alpha value is -2.29. The largest absolute Gasteiger partial charge is 0.464 e. The van der Waals surface area contributed by atoms with Crippen LogP contribution in [-0.4, -0.2) is 48.8 Å². The van der Waals surface area contributed by atoms with Gasteiger partial charge < -0.3 is 9.64 Å². The average molecular weight is 297 g/mol. The molecule has 2 heterocycles. The monoisotopic (exact) mass is 297 g/mol. The van der Waals surface area contributed by atoms with Crippen molar-refractivity contribution < 1.29 is 23.9 Å². The zero-order valence-corrected chi connectivity index (χ0v) is 11.6. The van der Waals surface area contributed by atoms with E-state index in [1.54, 1.807) is 0 Å². The summed E-state index contributed by atoms with van der Waals surface area (Å²) in [6, 6.07) is 0. The normalized spacial score (nSPS) is 15.0. The Morgan fingerprint density at radius 1 is 1.30 bits per heavy atom. The van der Waals surface area contributed by atoms with Crippen LogP contribution in [0, 0.1) is 0 Å². The van der Waals surface area contributed by atoms with Crippen LogP contribution < -0.4 is 10.2 Å². The number of rotatable bonds is 3. The van der Waals surface area contributed by atoms with E-state index in [0.717, 1.165) is 11.3 Å². The lowest BCUT2D eigenvalue weighted by Crippen LogP contribution is -2.51. The topological polar surface area (TPSA) is 106 Å². The molecule has 0 aromatic carbocycles. The third-order valence-corrected chi connectivity index (χ3v) is 3.75. The highest BCUT2D eigenvalue weighted by Gasteiger charge is 2.28. The summed E-state index contributed by atoms with van der Waals surface area (Å²) in [5.74, 6) is -1.98. The van der Waals surface area contributed by atoms with Crippen molar-refractivity contribution in [2.24, 2.45) is 0 Å². The summed E-state index contributed by atoms with van der Waals surface area (Å²) in [7, 11) is 1.18. The molecule has 2 amide bonds. The molecule has 0 spiro atoms. The van der Waals surface area contributed by atoms with E-state index in [1.807, 2.05) is 0 Å². The van der Waals surface area contributed by atoms with Gasteiger partial charge in [0.05, 0.1) is 7.11 Å². The number of carbonyl (C=O) groups is 4. The van der Waals surface area contributed by atoms with Crippen molar-refractivity contribution in [1.29, 1.82) is 0 Å². The van der Waals surface area contributed by atoms with Crippen molar-refractivity contribution in [2.45, 2.75) is 6.92 Å². The van der Waals surface area contributed by atoms with Gasteiger partial charge >= 0.3 is 5.97 Å². The molecule has 20 heavy (non-hydrogen) atoms. The minimum Gasteiger partial charge on any atom is -0.464 e. The number of amides is 2. The number of hydrogen-bond donors (Lipinski definition) is 1. The Morgan fingerprint density at radius 3 is 2.40 bits per heavy atom. The molecule has 1 saturated heterocycles. The lowest BCUT2D eigenvalue weighted by atomic mass is 10.3. The van der Waals surface area contributed by atoms with Crippen molar-refractivity contribution in [3.63, 3.8) is 0 Å². The minimum atomic E-state index is -0.731. The SMILES string of the molecule is COC(=O)c1nc(N2CC(=O)NC(=O)C2)sc1C(C)=O. The number of nitrogens with one attached hydrogen (secondary N) is 1. The van der Waals surface area contributed by atoms with Gasteiger partial charge in [0.1, 0.15) is 18.0 Å². The van der Waals surface area contributed by atoms with Crippen LogP contribution in [0.15, 0.2) is 0 Å². The van der Waals surface area contributed by atoms with E-state index in [-0.39, 0.29) is 34.6 Å². The van der Waals surface area contributed by atoms with E-state index >= 15 is 0 Å². The molecule has 106 valence electrons. The van der Waals surface area contributed by atoms with Crippen molar-refractivity contribution in [3.05, 3.63) is 10.6 Å². The summed E-state index contributed by atoms with van der Waals surface area (Å²) in [5.41, 5.74) is -0.0987. The number of ether oxygens (including phenoxy) is 1. The van der Waals surface area contributed by atoms with E-state index in [2.05, 4.69) is 15.0 Å². The molecule has 9 heteroatoms. The third kappa shape index (κ3) is 2.67. The molecule has 2 rings (SSSR count). The molecule has 8 nitrogen and oxygen atoms in total. The highest BCUT2D eigenvalue weighted by molar-refractivity contribution is 7.17. The van der Waals surface area contributed by atoms with Crippen LogP contribution in [0.3, 0.4) is 0 Å². The lowest BCUT2D eigenvalue weighted by molar-refractivity contribution is -0.130. The first kappa shape index (κ1) is 14.1. The zero-order valence-electron chi connectivity index (χ0n) is 10.8. The first-order chi connectivity index (χ1) is 9.42. The quantitative estimate of drug-likeness (QED) is 0.459. The standard InChI is InChI=1S/C11H11N3O5S/c1-5(15)9-8(10(18)19-2)13-11(20-9)14-3-6(16)12-7(17)4-14/h3-4H2,1-2H3,(H,12,16,17). The maximum Gasteiger partial charge on any atom is 0.358 e. The summed E-state index contributed by atoms with van der Waals surface area (Å²) in [6.45, 7) is 1.19. The Bertz CT molecular complexity index is 593. The number of esters is 1. The van der Waals surface area contributed by atoms with Gasteiger partial charge in [-0.2, -0.15) is 0 Å². The number of Topliss-reactive ketones (excluding diaryl/α,β-unsaturated/α-hetero) is 1. The average Bonchev–Trinajstić information content (AvgIpc) is 2.81. The first-order valence-corrected chi connectivity index (χ1v) is 6.41. The molecule has 1 aromatic rings. The van der Waals surface area contributed by atoms with E-state index in [1.165, 1.54) is 18.9 Å². The van der Waals surface area contributed by atoms with Gasteiger partial charge in [-0.05, 0) is 0 Å². The molecule has 0 radical (unpaired) electrons. The van der Waals surface area contributed by atoms with Crippen molar-refractivity contribution in [2.75, 3.05) is 25.1 Å². The Balaban J connectivity index is 2.38. The second-order valence-corrected chi connectivity index (χ2v) is 5.03. The molecule has 1 aromatic heterocycles. The van der Waals surface area contributed by atoms with Crippen LogP contribution in [-0.2, 0) is 14.3 Å². The van der Waals surface area contributed by atoms with Crippen molar-refractivity contribution >= 4 is 40.0 Å².